The Morgan fingerprint density at radius 3 is 2.50 bits per heavy atom. The monoisotopic (exact) mass is 291 g/mol. The van der Waals surface area contributed by atoms with Gasteiger partial charge in [-0.25, -0.2) is 0 Å². The molecule has 1 atom stereocenters. The number of methoxy groups -OCH3 is 1. The Morgan fingerprint density at radius 1 is 1.20 bits per heavy atom. The number of benzene rings is 1. The number of para-hydroxylation sites is 1. The predicted molar refractivity (Wildman–Crippen MR) is 70.9 cm³/mol. The lowest BCUT2D eigenvalue weighted by atomic mass is 10.2. The van der Waals surface area contributed by atoms with Crippen LogP contribution in [-0.4, -0.2) is 32.9 Å². The zero-order valence-corrected chi connectivity index (χ0v) is 11.7. The van der Waals surface area contributed by atoms with Gasteiger partial charge in [0.1, 0.15) is 12.4 Å². The molecule has 0 aromatic heterocycles. The molecule has 1 rings (SSSR count). The minimum absolute atomic E-state index is 0.126. The van der Waals surface area contributed by atoms with Crippen LogP contribution in [0, 0.1) is 0 Å². The predicted octanol–water partition coefficient (Wildman–Crippen LogP) is 3.10. The Hall–Kier alpha value is -1.27. The number of hydrogen-bond acceptors (Lipinski definition) is 3. The van der Waals surface area contributed by atoms with Gasteiger partial charge in [0.2, 0.25) is 0 Å². The van der Waals surface area contributed by atoms with Crippen LogP contribution < -0.4 is 10.1 Å². The van der Waals surface area contributed by atoms with Crippen LogP contribution in [0.25, 0.3) is 0 Å². The second-order valence-electron chi connectivity index (χ2n) is 4.41. The second-order valence-corrected chi connectivity index (χ2v) is 4.41. The normalized spacial score (nSPS) is 13.2. The van der Waals surface area contributed by atoms with Crippen molar-refractivity contribution in [2.24, 2.45) is 0 Å². The van der Waals surface area contributed by atoms with Gasteiger partial charge >= 0.3 is 6.18 Å². The van der Waals surface area contributed by atoms with Gasteiger partial charge in [-0.05, 0) is 25.1 Å². The fourth-order valence-electron chi connectivity index (χ4n) is 1.73. The average molecular weight is 291 g/mol. The summed E-state index contributed by atoms with van der Waals surface area (Å²) >= 11 is 0. The summed E-state index contributed by atoms with van der Waals surface area (Å²) in [6, 6.07) is 5.07. The van der Waals surface area contributed by atoms with Crippen molar-refractivity contribution in [3.63, 3.8) is 0 Å². The summed E-state index contributed by atoms with van der Waals surface area (Å²) in [7, 11) is 1.55. The van der Waals surface area contributed by atoms with E-state index in [0.29, 0.717) is 6.61 Å². The minimum Gasteiger partial charge on any atom is -0.491 e. The number of hydrogen-bond donors (Lipinski definition) is 1. The maximum absolute atomic E-state index is 12.8. The third-order valence-electron chi connectivity index (χ3n) is 2.68. The first kappa shape index (κ1) is 16.8. The van der Waals surface area contributed by atoms with Crippen LogP contribution in [-0.2, 0) is 10.9 Å². The van der Waals surface area contributed by atoms with Crippen LogP contribution in [0.15, 0.2) is 24.3 Å². The van der Waals surface area contributed by atoms with Crippen molar-refractivity contribution in [1.82, 2.24) is 5.32 Å². The first-order valence-corrected chi connectivity index (χ1v) is 6.50. The van der Waals surface area contributed by atoms with Crippen LogP contribution in [0.2, 0.25) is 0 Å². The molecule has 1 unspecified atom stereocenters. The molecule has 0 aliphatic heterocycles. The minimum atomic E-state index is -4.41. The van der Waals surface area contributed by atoms with Crippen LogP contribution in [0.5, 0.6) is 5.75 Å². The van der Waals surface area contributed by atoms with E-state index in [1.807, 2.05) is 6.92 Å². The molecule has 0 radical (unpaired) electrons. The second kappa shape index (κ2) is 8.11. The van der Waals surface area contributed by atoms with Crippen molar-refractivity contribution >= 4 is 0 Å². The fraction of sp³-hybridized carbons (Fsp3) is 0.571. The van der Waals surface area contributed by atoms with E-state index in [0.717, 1.165) is 19.0 Å². The molecule has 0 aliphatic carbocycles. The Balaban J connectivity index is 2.67. The van der Waals surface area contributed by atoms with E-state index >= 15 is 0 Å². The summed E-state index contributed by atoms with van der Waals surface area (Å²) in [6.45, 7) is 3.28. The van der Waals surface area contributed by atoms with Crippen LogP contribution >= 0.6 is 0 Å². The van der Waals surface area contributed by atoms with E-state index in [4.69, 9.17) is 9.47 Å². The molecule has 3 nitrogen and oxygen atoms in total. The summed E-state index contributed by atoms with van der Waals surface area (Å²) in [4.78, 5) is 0. The summed E-state index contributed by atoms with van der Waals surface area (Å²) in [5, 5.41) is 3.17. The van der Waals surface area contributed by atoms with Gasteiger partial charge in [-0.3, -0.25) is 0 Å². The third-order valence-corrected chi connectivity index (χ3v) is 2.68. The summed E-state index contributed by atoms with van der Waals surface area (Å²) in [5.41, 5.74) is -0.758. The largest absolute Gasteiger partial charge is 0.491 e. The molecule has 0 heterocycles. The van der Waals surface area contributed by atoms with Crippen molar-refractivity contribution in [1.29, 1.82) is 0 Å². The van der Waals surface area contributed by atoms with Gasteiger partial charge in [0.05, 0.1) is 18.2 Å². The van der Waals surface area contributed by atoms with E-state index in [2.05, 4.69) is 5.32 Å². The Labute approximate surface area is 117 Å². The Bertz CT molecular complexity index is 396. The van der Waals surface area contributed by atoms with E-state index in [1.54, 1.807) is 7.11 Å². The molecule has 0 fully saturated rings. The molecule has 0 saturated carbocycles. The van der Waals surface area contributed by atoms with Gasteiger partial charge in [-0.1, -0.05) is 19.1 Å². The molecular formula is C14H20F3NO2. The molecule has 114 valence electrons. The van der Waals surface area contributed by atoms with Crippen molar-refractivity contribution < 1.29 is 22.6 Å². The molecule has 0 spiro atoms. The maximum Gasteiger partial charge on any atom is 0.419 e. The summed E-state index contributed by atoms with van der Waals surface area (Å²) < 4.78 is 48.7. The highest BCUT2D eigenvalue weighted by atomic mass is 19.4. The Morgan fingerprint density at radius 2 is 1.90 bits per heavy atom. The van der Waals surface area contributed by atoms with E-state index in [-0.39, 0.29) is 18.4 Å². The van der Waals surface area contributed by atoms with Gasteiger partial charge < -0.3 is 14.8 Å². The fourth-order valence-corrected chi connectivity index (χ4v) is 1.73. The highest BCUT2D eigenvalue weighted by Gasteiger charge is 2.34. The molecule has 20 heavy (non-hydrogen) atoms. The first-order valence-electron chi connectivity index (χ1n) is 6.50. The Kier molecular flexibility index (Phi) is 6.81. The molecule has 1 N–H and O–H groups in total. The molecule has 0 amide bonds. The summed E-state index contributed by atoms with van der Waals surface area (Å²) in [6.07, 6.45) is -3.48. The van der Waals surface area contributed by atoms with Gasteiger partial charge in [-0.15, -0.1) is 0 Å². The summed E-state index contributed by atoms with van der Waals surface area (Å²) in [5.74, 6) is -0.153. The van der Waals surface area contributed by atoms with E-state index in [9.17, 15) is 13.2 Å². The molecule has 0 saturated heterocycles. The molecule has 1 aromatic carbocycles. The zero-order valence-electron chi connectivity index (χ0n) is 11.7. The number of halogens is 3. The number of alkyl halides is 3. The SMILES string of the molecule is CCCNC(COC)COc1ccccc1C(F)(F)F. The van der Waals surface area contributed by atoms with Crippen LogP contribution in [0.3, 0.4) is 0 Å². The van der Waals surface area contributed by atoms with Crippen molar-refractivity contribution in [3.05, 3.63) is 29.8 Å². The van der Waals surface area contributed by atoms with Gasteiger partial charge in [0.15, 0.2) is 0 Å². The molecule has 1 aromatic rings. The zero-order chi connectivity index (χ0) is 15.0. The topological polar surface area (TPSA) is 30.5 Å². The van der Waals surface area contributed by atoms with E-state index in [1.165, 1.54) is 18.2 Å². The first-order chi connectivity index (χ1) is 9.49. The van der Waals surface area contributed by atoms with Gasteiger partial charge in [0.25, 0.3) is 0 Å². The standard InChI is InChI=1S/C14H20F3NO2/c1-3-8-18-11(9-19-2)10-20-13-7-5-4-6-12(13)14(15,16)17/h4-7,11,18H,3,8-10H2,1-2H3. The van der Waals surface area contributed by atoms with Gasteiger partial charge in [0, 0.05) is 7.11 Å². The van der Waals surface area contributed by atoms with Crippen molar-refractivity contribution in [2.45, 2.75) is 25.6 Å². The maximum atomic E-state index is 12.8. The average Bonchev–Trinajstić information content (AvgIpc) is 2.41. The lowest BCUT2D eigenvalue weighted by molar-refractivity contribution is -0.139. The number of rotatable bonds is 8. The molecule has 6 heteroatoms. The molecule has 0 bridgehead atoms. The quantitative estimate of drug-likeness (QED) is 0.798. The number of ether oxygens (including phenoxy) is 2. The highest BCUT2D eigenvalue weighted by Crippen LogP contribution is 2.35. The lowest BCUT2D eigenvalue weighted by Crippen LogP contribution is -2.39. The van der Waals surface area contributed by atoms with Crippen LogP contribution in [0.1, 0.15) is 18.9 Å². The third kappa shape index (κ3) is 5.38. The van der Waals surface area contributed by atoms with Gasteiger partial charge in [-0.2, -0.15) is 13.2 Å². The smallest absolute Gasteiger partial charge is 0.419 e. The van der Waals surface area contributed by atoms with Crippen molar-refractivity contribution in [2.75, 3.05) is 26.9 Å². The van der Waals surface area contributed by atoms with Crippen LogP contribution in [0.4, 0.5) is 13.2 Å². The van der Waals surface area contributed by atoms with Crippen molar-refractivity contribution in [3.8, 4) is 5.75 Å². The highest BCUT2D eigenvalue weighted by molar-refractivity contribution is 5.35. The lowest BCUT2D eigenvalue weighted by Gasteiger charge is -2.20. The molecule has 0 aliphatic rings. The van der Waals surface area contributed by atoms with E-state index < -0.39 is 11.7 Å². The number of nitrogens with one attached hydrogen (secondary N) is 1. The molecular weight excluding hydrogens is 271 g/mol.